The largest absolute Gasteiger partial charge is 0.381 e. The van der Waals surface area contributed by atoms with Crippen molar-refractivity contribution in [2.24, 2.45) is 4.99 Å². The molecule has 0 aliphatic rings. The number of rotatable bonds is 16. The fourth-order valence-electron chi connectivity index (χ4n) is 2.34. The predicted molar refractivity (Wildman–Crippen MR) is 106 cm³/mol. The summed E-state index contributed by atoms with van der Waals surface area (Å²) >= 11 is 0. The third kappa shape index (κ3) is 17.5. The zero-order valence-electron chi connectivity index (χ0n) is 16.7. The lowest BCUT2D eigenvalue weighted by Gasteiger charge is -2.11. The molecule has 0 atom stereocenters. The first-order valence-electron chi connectivity index (χ1n) is 9.95. The van der Waals surface area contributed by atoms with Crippen LogP contribution in [0.15, 0.2) is 4.99 Å². The van der Waals surface area contributed by atoms with Gasteiger partial charge in [-0.15, -0.1) is 0 Å². The summed E-state index contributed by atoms with van der Waals surface area (Å²) in [5, 5.41) is 6.74. The van der Waals surface area contributed by atoms with E-state index in [0.29, 0.717) is 0 Å². The Morgan fingerprint density at radius 3 is 2.29 bits per heavy atom. The van der Waals surface area contributed by atoms with Gasteiger partial charge in [0.05, 0.1) is 0 Å². The Bertz CT molecular complexity index is 283. The second kappa shape index (κ2) is 18.5. The summed E-state index contributed by atoms with van der Waals surface area (Å²) in [6, 6.07) is 0. The van der Waals surface area contributed by atoms with Gasteiger partial charge in [0.25, 0.3) is 0 Å². The van der Waals surface area contributed by atoms with Crippen LogP contribution in [0.1, 0.15) is 65.2 Å². The summed E-state index contributed by atoms with van der Waals surface area (Å²) in [7, 11) is 4.28. The van der Waals surface area contributed by atoms with Gasteiger partial charge in [-0.2, -0.15) is 0 Å². The minimum absolute atomic E-state index is 0.815. The third-order valence-electron chi connectivity index (χ3n) is 3.78. The van der Waals surface area contributed by atoms with Crippen LogP contribution >= 0.6 is 0 Å². The zero-order chi connectivity index (χ0) is 17.9. The molecule has 2 N–H and O–H groups in total. The normalized spacial score (nSPS) is 12.0. The van der Waals surface area contributed by atoms with E-state index in [9.17, 15) is 0 Å². The average Bonchev–Trinajstić information content (AvgIpc) is 2.56. The van der Waals surface area contributed by atoms with Crippen LogP contribution in [-0.2, 0) is 4.74 Å². The van der Waals surface area contributed by atoms with E-state index in [4.69, 9.17) is 4.74 Å². The van der Waals surface area contributed by atoms with Gasteiger partial charge >= 0.3 is 0 Å². The van der Waals surface area contributed by atoms with Gasteiger partial charge in [0.2, 0.25) is 0 Å². The van der Waals surface area contributed by atoms with Crippen molar-refractivity contribution < 1.29 is 4.74 Å². The van der Waals surface area contributed by atoms with E-state index in [-0.39, 0.29) is 0 Å². The molecule has 144 valence electrons. The molecule has 0 aromatic heterocycles. The molecule has 0 spiro atoms. The highest BCUT2D eigenvalue weighted by atomic mass is 16.5. The third-order valence-corrected chi connectivity index (χ3v) is 3.78. The smallest absolute Gasteiger partial charge is 0.191 e. The van der Waals surface area contributed by atoms with Crippen LogP contribution in [0.4, 0.5) is 0 Å². The topological polar surface area (TPSA) is 48.9 Å². The van der Waals surface area contributed by atoms with Gasteiger partial charge in [-0.25, -0.2) is 0 Å². The van der Waals surface area contributed by atoms with Crippen molar-refractivity contribution in [3.63, 3.8) is 0 Å². The van der Waals surface area contributed by atoms with Gasteiger partial charge in [-0.3, -0.25) is 4.99 Å². The molecule has 5 nitrogen and oxygen atoms in total. The summed E-state index contributed by atoms with van der Waals surface area (Å²) in [5.41, 5.74) is 0. The van der Waals surface area contributed by atoms with Crippen LogP contribution in [0.25, 0.3) is 0 Å². The predicted octanol–water partition coefficient (Wildman–Crippen LogP) is 3.26. The van der Waals surface area contributed by atoms with Gasteiger partial charge in [0, 0.05) is 32.8 Å². The Hall–Kier alpha value is -0.810. The molecule has 0 heterocycles. The summed E-state index contributed by atoms with van der Waals surface area (Å²) in [4.78, 5) is 6.87. The van der Waals surface area contributed by atoms with Crippen molar-refractivity contribution in [3.05, 3.63) is 0 Å². The maximum Gasteiger partial charge on any atom is 0.191 e. The minimum Gasteiger partial charge on any atom is -0.381 e. The van der Waals surface area contributed by atoms with Crippen LogP contribution in [0.5, 0.6) is 0 Å². The molecular formula is C19H42N4O. The first-order chi connectivity index (χ1) is 11.7. The first kappa shape index (κ1) is 23.2. The molecule has 0 amide bonds. The number of aliphatic imine (C=N–C) groups is 1. The molecule has 0 radical (unpaired) electrons. The Morgan fingerprint density at radius 1 is 0.875 bits per heavy atom. The first-order valence-corrected chi connectivity index (χ1v) is 9.95. The second-order valence-corrected chi connectivity index (χ2v) is 6.58. The number of unbranched alkanes of at least 4 members (excludes halogenated alkanes) is 5. The van der Waals surface area contributed by atoms with Gasteiger partial charge in [-0.1, -0.05) is 32.6 Å². The number of hydrogen-bond acceptors (Lipinski definition) is 3. The average molecular weight is 343 g/mol. The minimum atomic E-state index is 0.815. The Kier molecular flexibility index (Phi) is 17.9. The highest BCUT2D eigenvalue weighted by Gasteiger charge is 1.97. The van der Waals surface area contributed by atoms with Gasteiger partial charge in [-0.05, 0) is 53.2 Å². The molecule has 5 heteroatoms. The molecule has 0 aliphatic carbocycles. The van der Waals surface area contributed by atoms with E-state index in [0.717, 1.165) is 51.6 Å². The molecular weight excluding hydrogens is 300 g/mol. The molecule has 0 fully saturated rings. The lowest BCUT2D eigenvalue weighted by Crippen LogP contribution is -2.37. The van der Waals surface area contributed by atoms with E-state index in [1.165, 1.54) is 45.1 Å². The second-order valence-electron chi connectivity index (χ2n) is 6.58. The highest BCUT2D eigenvalue weighted by Crippen LogP contribution is 2.02. The van der Waals surface area contributed by atoms with E-state index >= 15 is 0 Å². The summed E-state index contributed by atoms with van der Waals surface area (Å²) < 4.78 is 5.56. The molecule has 0 aliphatic heterocycles. The SMILES string of the molecule is CCCCOCCCN=C(NCC)NCCCCCCCN(C)C. The Labute approximate surface area is 150 Å². The number of guanidine groups is 1. The monoisotopic (exact) mass is 342 g/mol. The standard InChI is InChI=1S/C19H42N4O/c1-5-7-17-24-18-13-15-22-19(20-6-2)21-14-11-9-8-10-12-16-23(3)4/h5-18H2,1-4H3,(H2,20,21,22). The Balaban J connectivity index is 3.59. The number of hydrogen-bond donors (Lipinski definition) is 2. The van der Waals surface area contributed by atoms with Crippen LogP contribution in [0, 0.1) is 0 Å². The van der Waals surface area contributed by atoms with Crippen molar-refractivity contribution in [1.29, 1.82) is 0 Å². The number of nitrogens with one attached hydrogen (secondary N) is 2. The van der Waals surface area contributed by atoms with Crippen molar-refractivity contribution in [2.45, 2.75) is 65.2 Å². The van der Waals surface area contributed by atoms with Gasteiger partial charge in [0.15, 0.2) is 5.96 Å². The Morgan fingerprint density at radius 2 is 1.58 bits per heavy atom. The van der Waals surface area contributed by atoms with Crippen molar-refractivity contribution in [3.8, 4) is 0 Å². The van der Waals surface area contributed by atoms with Crippen molar-refractivity contribution in [2.75, 3.05) is 53.5 Å². The number of nitrogens with zero attached hydrogens (tertiary/aromatic N) is 2. The summed E-state index contributed by atoms with van der Waals surface area (Å²) in [6.45, 7) is 9.93. The molecule has 0 bridgehead atoms. The van der Waals surface area contributed by atoms with Crippen molar-refractivity contribution in [1.82, 2.24) is 15.5 Å². The van der Waals surface area contributed by atoms with E-state index in [1.807, 2.05) is 0 Å². The molecule has 0 aromatic carbocycles. The van der Waals surface area contributed by atoms with E-state index in [2.05, 4.69) is 48.5 Å². The molecule has 0 unspecified atom stereocenters. The lowest BCUT2D eigenvalue weighted by molar-refractivity contribution is 0.130. The van der Waals surface area contributed by atoms with Crippen LogP contribution < -0.4 is 10.6 Å². The molecule has 0 saturated carbocycles. The molecule has 0 saturated heterocycles. The fourth-order valence-corrected chi connectivity index (χ4v) is 2.34. The fraction of sp³-hybridized carbons (Fsp3) is 0.947. The highest BCUT2D eigenvalue weighted by molar-refractivity contribution is 5.79. The van der Waals surface area contributed by atoms with Crippen molar-refractivity contribution >= 4 is 5.96 Å². The quantitative estimate of drug-likeness (QED) is 0.257. The molecule has 24 heavy (non-hydrogen) atoms. The van der Waals surface area contributed by atoms with E-state index < -0.39 is 0 Å². The molecule has 0 rings (SSSR count). The zero-order valence-corrected chi connectivity index (χ0v) is 16.7. The van der Waals surface area contributed by atoms with Crippen LogP contribution in [0.2, 0.25) is 0 Å². The summed E-state index contributed by atoms with van der Waals surface area (Å²) in [5.74, 6) is 0.943. The maximum absolute atomic E-state index is 5.56. The maximum atomic E-state index is 5.56. The van der Waals surface area contributed by atoms with E-state index in [1.54, 1.807) is 0 Å². The van der Waals surface area contributed by atoms with Crippen LogP contribution in [-0.4, -0.2) is 64.3 Å². The lowest BCUT2D eigenvalue weighted by atomic mass is 10.1. The number of ether oxygens (including phenoxy) is 1. The summed E-state index contributed by atoms with van der Waals surface area (Å²) in [6.07, 6.45) is 9.84. The van der Waals surface area contributed by atoms with Crippen LogP contribution in [0.3, 0.4) is 0 Å². The molecule has 0 aromatic rings. The van der Waals surface area contributed by atoms with Gasteiger partial charge < -0.3 is 20.3 Å². The van der Waals surface area contributed by atoms with Gasteiger partial charge in [0.1, 0.15) is 0 Å².